The van der Waals surface area contributed by atoms with Gasteiger partial charge >= 0.3 is 0 Å². The standard InChI is InChI=1S/C19H13N9/c1-4-10-16-13(7-1)20-23-26(16)19(27-17-11-5-2-8-14(17)21-24-27)28-18-12-6-3-9-15(18)22-25-28/h1-12,19H. The Morgan fingerprint density at radius 3 is 1.14 bits per heavy atom. The Bertz CT molecular complexity index is 1270. The molecule has 9 heteroatoms. The molecule has 3 heterocycles. The summed E-state index contributed by atoms with van der Waals surface area (Å²) in [4.78, 5) is 0. The van der Waals surface area contributed by atoms with Crippen molar-refractivity contribution in [1.82, 2.24) is 45.0 Å². The van der Waals surface area contributed by atoms with Gasteiger partial charge in [0.05, 0.1) is 16.6 Å². The molecule has 3 aromatic heterocycles. The minimum absolute atomic E-state index is 0.549. The van der Waals surface area contributed by atoms with Crippen LogP contribution in [0, 0.1) is 0 Å². The number of rotatable bonds is 3. The molecule has 0 saturated carbocycles. The van der Waals surface area contributed by atoms with Crippen LogP contribution in [0.25, 0.3) is 33.1 Å². The molecule has 6 aromatic rings. The summed E-state index contributed by atoms with van der Waals surface area (Å²) in [5, 5.41) is 26.2. The Kier molecular flexibility index (Phi) is 3.04. The van der Waals surface area contributed by atoms with E-state index >= 15 is 0 Å². The van der Waals surface area contributed by atoms with Gasteiger partial charge in [-0.15, -0.1) is 15.3 Å². The zero-order chi connectivity index (χ0) is 18.5. The van der Waals surface area contributed by atoms with Crippen molar-refractivity contribution in [3.05, 3.63) is 72.8 Å². The molecule has 0 unspecified atom stereocenters. The normalized spacial score (nSPS) is 11.9. The second-order valence-electron chi connectivity index (χ2n) is 6.41. The molecule has 134 valence electrons. The van der Waals surface area contributed by atoms with Gasteiger partial charge in [-0.05, 0) is 36.4 Å². The molecule has 0 fully saturated rings. The van der Waals surface area contributed by atoms with E-state index in [2.05, 4.69) is 30.9 Å². The minimum atomic E-state index is -0.549. The minimum Gasteiger partial charge on any atom is -0.199 e. The van der Waals surface area contributed by atoms with E-state index in [1.165, 1.54) is 0 Å². The van der Waals surface area contributed by atoms with Gasteiger partial charge in [-0.1, -0.05) is 52.0 Å². The average Bonchev–Trinajstić information content (AvgIpc) is 3.47. The molecule has 6 rings (SSSR count). The van der Waals surface area contributed by atoms with E-state index in [9.17, 15) is 0 Å². The third-order valence-corrected chi connectivity index (χ3v) is 4.79. The van der Waals surface area contributed by atoms with Crippen molar-refractivity contribution in [2.75, 3.05) is 0 Å². The van der Waals surface area contributed by atoms with Gasteiger partial charge in [-0.2, -0.15) is 14.0 Å². The quantitative estimate of drug-likeness (QED) is 0.477. The number of hydrogen-bond donors (Lipinski definition) is 0. The number of para-hydroxylation sites is 3. The summed E-state index contributed by atoms with van der Waals surface area (Å²) in [7, 11) is 0. The SMILES string of the molecule is c1ccc2c(c1)nnn2C(n1nnc2ccccc21)n1nnc2ccccc21. The van der Waals surface area contributed by atoms with Gasteiger partial charge in [0.1, 0.15) is 16.6 Å². The number of aromatic nitrogens is 9. The molecule has 0 aliphatic rings. The van der Waals surface area contributed by atoms with E-state index in [4.69, 9.17) is 0 Å². The Morgan fingerprint density at radius 1 is 0.464 bits per heavy atom. The lowest BCUT2D eigenvalue weighted by Gasteiger charge is -2.19. The van der Waals surface area contributed by atoms with Gasteiger partial charge in [-0.3, -0.25) is 0 Å². The molecule has 0 saturated heterocycles. The topological polar surface area (TPSA) is 92.1 Å². The predicted molar refractivity (Wildman–Crippen MR) is 102 cm³/mol. The first kappa shape index (κ1) is 15.0. The van der Waals surface area contributed by atoms with Crippen molar-refractivity contribution < 1.29 is 0 Å². The van der Waals surface area contributed by atoms with E-state index in [-0.39, 0.29) is 0 Å². The maximum atomic E-state index is 4.41. The highest BCUT2D eigenvalue weighted by Crippen LogP contribution is 2.24. The Hall–Kier alpha value is -4.14. The summed E-state index contributed by atoms with van der Waals surface area (Å²) in [6.07, 6.45) is -0.549. The Morgan fingerprint density at radius 2 is 0.786 bits per heavy atom. The number of benzene rings is 3. The van der Waals surface area contributed by atoms with Gasteiger partial charge in [0.15, 0.2) is 0 Å². The summed E-state index contributed by atoms with van der Waals surface area (Å²) in [6, 6.07) is 23.4. The fraction of sp³-hybridized carbons (Fsp3) is 0.0526. The average molecular weight is 367 g/mol. The zero-order valence-corrected chi connectivity index (χ0v) is 14.5. The fourth-order valence-electron chi connectivity index (χ4n) is 3.48. The van der Waals surface area contributed by atoms with Crippen LogP contribution in [0.1, 0.15) is 6.29 Å². The van der Waals surface area contributed by atoms with E-state index in [0.717, 1.165) is 33.1 Å². The summed E-state index contributed by atoms with van der Waals surface area (Å²) in [5.41, 5.74) is 4.98. The van der Waals surface area contributed by atoms with E-state index in [1.54, 1.807) is 14.0 Å². The van der Waals surface area contributed by atoms with Gasteiger partial charge in [-0.25, -0.2) is 0 Å². The van der Waals surface area contributed by atoms with Crippen molar-refractivity contribution in [1.29, 1.82) is 0 Å². The van der Waals surface area contributed by atoms with Crippen molar-refractivity contribution in [3.63, 3.8) is 0 Å². The van der Waals surface area contributed by atoms with Gasteiger partial charge in [0.25, 0.3) is 0 Å². The van der Waals surface area contributed by atoms with E-state index < -0.39 is 6.29 Å². The van der Waals surface area contributed by atoms with Crippen LogP contribution in [0.2, 0.25) is 0 Å². The molecular formula is C19H13N9. The molecule has 3 aromatic carbocycles. The number of nitrogens with zero attached hydrogens (tertiary/aromatic N) is 9. The zero-order valence-electron chi connectivity index (χ0n) is 14.5. The molecule has 9 nitrogen and oxygen atoms in total. The Labute approximate surface area is 157 Å². The third kappa shape index (κ3) is 2.07. The molecule has 0 radical (unpaired) electrons. The van der Waals surface area contributed by atoms with Crippen molar-refractivity contribution in [3.8, 4) is 0 Å². The first-order chi connectivity index (χ1) is 13.9. The number of hydrogen-bond acceptors (Lipinski definition) is 6. The van der Waals surface area contributed by atoms with Gasteiger partial charge in [0, 0.05) is 0 Å². The molecule has 0 N–H and O–H groups in total. The van der Waals surface area contributed by atoms with Crippen LogP contribution in [-0.2, 0) is 0 Å². The lowest BCUT2D eigenvalue weighted by atomic mass is 10.3. The molecule has 0 aliphatic carbocycles. The first-order valence-corrected chi connectivity index (χ1v) is 8.80. The van der Waals surface area contributed by atoms with Crippen LogP contribution >= 0.6 is 0 Å². The fourth-order valence-corrected chi connectivity index (χ4v) is 3.48. The van der Waals surface area contributed by atoms with Crippen LogP contribution in [0.4, 0.5) is 0 Å². The van der Waals surface area contributed by atoms with E-state index in [0.29, 0.717) is 0 Å². The first-order valence-electron chi connectivity index (χ1n) is 8.80. The predicted octanol–water partition coefficient (Wildman–Crippen LogP) is 2.47. The van der Waals surface area contributed by atoms with Crippen LogP contribution in [-0.4, -0.2) is 45.0 Å². The van der Waals surface area contributed by atoms with Crippen LogP contribution in [0.15, 0.2) is 72.8 Å². The molecule has 28 heavy (non-hydrogen) atoms. The molecule has 0 spiro atoms. The van der Waals surface area contributed by atoms with Crippen LogP contribution < -0.4 is 0 Å². The van der Waals surface area contributed by atoms with Gasteiger partial charge in [0.2, 0.25) is 6.29 Å². The lowest BCUT2D eigenvalue weighted by Crippen LogP contribution is -2.28. The van der Waals surface area contributed by atoms with Crippen LogP contribution in [0.3, 0.4) is 0 Å². The summed E-state index contributed by atoms with van der Waals surface area (Å²) in [5.74, 6) is 0. The van der Waals surface area contributed by atoms with Crippen molar-refractivity contribution in [2.45, 2.75) is 6.29 Å². The number of fused-ring (bicyclic) bond motifs is 3. The molecule has 0 atom stereocenters. The lowest BCUT2D eigenvalue weighted by molar-refractivity contribution is 0.292. The molecule has 0 aliphatic heterocycles. The highest BCUT2D eigenvalue weighted by molar-refractivity contribution is 5.77. The molecular weight excluding hydrogens is 354 g/mol. The van der Waals surface area contributed by atoms with E-state index in [1.807, 2.05) is 72.8 Å². The molecule has 0 amide bonds. The van der Waals surface area contributed by atoms with Crippen molar-refractivity contribution in [2.24, 2.45) is 0 Å². The summed E-state index contributed by atoms with van der Waals surface area (Å²) in [6.45, 7) is 0. The largest absolute Gasteiger partial charge is 0.245 e. The smallest absolute Gasteiger partial charge is 0.199 e. The second kappa shape index (κ2) is 5.68. The third-order valence-electron chi connectivity index (χ3n) is 4.79. The monoisotopic (exact) mass is 367 g/mol. The highest BCUT2D eigenvalue weighted by atomic mass is 15.7. The van der Waals surface area contributed by atoms with Crippen LogP contribution in [0.5, 0.6) is 0 Å². The second-order valence-corrected chi connectivity index (χ2v) is 6.41. The Balaban J connectivity index is 1.69. The maximum Gasteiger partial charge on any atom is 0.245 e. The highest BCUT2D eigenvalue weighted by Gasteiger charge is 2.25. The summed E-state index contributed by atoms with van der Waals surface area (Å²) >= 11 is 0. The van der Waals surface area contributed by atoms with Crippen molar-refractivity contribution >= 4 is 33.1 Å². The molecule has 0 bridgehead atoms. The maximum absolute atomic E-state index is 4.41. The summed E-state index contributed by atoms with van der Waals surface area (Å²) < 4.78 is 5.37. The van der Waals surface area contributed by atoms with Gasteiger partial charge < -0.3 is 0 Å².